The van der Waals surface area contributed by atoms with Crippen LogP contribution in [0.3, 0.4) is 0 Å². The first-order chi connectivity index (χ1) is 13.2. The number of ether oxygens (including phenoxy) is 1. The van der Waals surface area contributed by atoms with Crippen LogP contribution in [0, 0.1) is 23.6 Å². The molecule has 0 spiro atoms. The Kier molecular flexibility index (Phi) is 7.49. The smallest absolute Gasteiger partial charge is 0.338 e. The van der Waals surface area contributed by atoms with Crippen LogP contribution < -0.4 is 0 Å². The zero-order valence-corrected chi connectivity index (χ0v) is 16.4. The minimum absolute atomic E-state index is 0.0223. The number of allylic oxidation sites excluding steroid dienone is 1. The van der Waals surface area contributed by atoms with Crippen LogP contribution in [-0.2, 0) is 4.74 Å². The predicted molar refractivity (Wildman–Crippen MR) is 107 cm³/mol. The van der Waals surface area contributed by atoms with Gasteiger partial charge in [-0.3, -0.25) is 0 Å². The van der Waals surface area contributed by atoms with Gasteiger partial charge in [0.2, 0.25) is 0 Å². The molecule has 2 nitrogen and oxygen atoms in total. The van der Waals surface area contributed by atoms with Crippen LogP contribution in [0.25, 0.3) is 0 Å². The normalized spacial score (nSPS) is 28.5. The van der Waals surface area contributed by atoms with E-state index >= 15 is 0 Å². The van der Waals surface area contributed by atoms with Gasteiger partial charge in [0.25, 0.3) is 0 Å². The van der Waals surface area contributed by atoms with Gasteiger partial charge in [-0.1, -0.05) is 25.3 Å². The van der Waals surface area contributed by atoms with E-state index in [4.69, 9.17) is 4.74 Å². The number of carbonyl (C=O) groups excluding carboxylic acids is 1. The molecule has 3 rings (SSSR count). The summed E-state index contributed by atoms with van der Waals surface area (Å²) in [6.45, 7) is 3.81. The first kappa shape index (κ1) is 20.1. The second-order valence-electron chi connectivity index (χ2n) is 8.45. The van der Waals surface area contributed by atoms with Crippen LogP contribution in [-0.4, -0.2) is 12.1 Å². The third-order valence-corrected chi connectivity index (χ3v) is 6.65. The highest BCUT2D eigenvalue weighted by Crippen LogP contribution is 2.41. The van der Waals surface area contributed by atoms with Crippen LogP contribution in [0.4, 0.5) is 4.39 Å². The Morgan fingerprint density at radius 1 is 1.00 bits per heavy atom. The Balaban J connectivity index is 1.37. The van der Waals surface area contributed by atoms with Crippen molar-refractivity contribution in [2.75, 3.05) is 0 Å². The molecule has 0 radical (unpaired) electrons. The van der Waals surface area contributed by atoms with E-state index in [0.717, 1.165) is 37.0 Å². The summed E-state index contributed by atoms with van der Waals surface area (Å²) in [6.07, 6.45) is 15.7. The number of carbonyl (C=O) groups is 1. The summed E-state index contributed by atoms with van der Waals surface area (Å²) < 4.78 is 18.6. The fourth-order valence-electron chi connectivity index (χ4n) is 4.98. The van der Waals surface area contributed by atoms with E-state index in [9.17, 15) is 9.18 Å². The Morgan fingerprint density at radius 3 is 2.19 bits per heavy atom. The SMILES string of the molecule is C=CCCCC1CCC(C2CCC(OC(=O)c3ccc(F)cc3)CC2)CC1. The van der Waals surface area contributed by atoms with E-state index in [0.29, 0.717) is 5.56 Å². The van der Waals surface area contributed by atoms with E-state index < -0.39 is 0 Å². The molecule has 0 N–H and O–H groups in total. The van der Waals surface area contributed by atoms with Gasteiger partial charge < -0.3 is 4.74 Å². The van der Waals surface area contributed by atoms with Crippen LogP contribution >= 0.6 is 0 Å². The molecule has 148 valence electrons. The van der Waals surface area contributed by atoms with Gasteiger partial charge in [-0.15, -0.1) is 6.58 Å². The van der Waals surface area contributed by atoms with Crippen molar-refractivity contribution in [1.82, 2.24) is 0 Å². The molecule has 0 atom stereocenters. The molecule has 2 aliphatic rings. The fourth-order valence-corrected chi connectivity index (χ4v) is 4.98. The maximum absolute atomic E-state index is 13.0. The van der Waals surface area contributed by atoms with Gasteiger partial charge in [0, 0.05) is 0 Å². The van der Waals surface area contributed by atoms with Gasteiger partial charge >= 0.3 is 5.97 Å². The van der Waals surface area contributed by atoms with E-state index in [1.807, 2.05) is 6.08 Å². The van der Waals surface area contributed by atoms with Gasteiger partial charge in [-0.2, -0.15) is 0 Å². The molecule has 1 aromatic carbocycles. The van der Waals surface area contributed by atoms with Crippen molar-refractivity contribution in [3.8, 4) is 0 Å². The molecule has 2 fully saturated rings. The molecular formula is C24H33FO2. The average Bonchev–Trinajstić information content (AvgIpc) is 2.70. The maximum atomic E-state index is 13.0. The molecule has 2 aliphatic carbocycles. The van der Waals surface area contributed by atoms with Crippen LogP contribution in [0.15, 0.2) is 36.9 Å². The number of rotatable bonds is 7. The van der Waals surface area contributed by atoms with E-state index in [-0.39, 0.29) is 17.9 Å². The second-order valence-corrected chi connectivity index (χ2v) is 8.45. The molecule has 3 heteroatoms. The molecule has 2 saturated carbocycles. The Labute approximate surface area is 163 Å². The monoisotopic (exact) mass is 372 g/mol. The molecule has 0 unspecified atom stereocenters. The summed E-state index contributed by atoms with van der Waals surface area (Å²) in [4.78, 5) is 12.2. The van der Waals surface area contributed by atoms with Crippen molar-refractivity contribution >= 4 is 5.97 Å². The lowest BCUT2D eigenvalue weighted by Gasteiger charge is -2.37. The van der Waals surface area contributed by atoms with Crippen molar-refractivity contribution < 1.29 is 13.9 Å². The van der Waals surface area contributed by atoms with Gasteiger partial charge in [-0.25, -0.2) is 9.18 Å². The second kappa shape index (κ2) is 10.1. The third kappa shape index (κ3) is 5.92. The highest BCUT2D eigenvalue weighted by molar-refractivity contribution is 5.89. The van der Waals surface area contributed by atoms with E-state index in [1.165, 1.54) is 75.6 Å². The highest BCUT2D eigenvalue weighted by Gasteiger charge is 2.31. The molecule has 0 bridgehead atoms. The predicted octanol–water partition coefficient (Wildman–Crippen LogP) is 6.70. The summed E-state index contributed by atoms with van der Waals surface area (Å²) in [5.41, 5.74) is 0.438. The lowest BCUT2D eigenvalue weighted by Crippen LogP contribution is -2.29. The zero-order chi connectivity index (χ0) is 19.1. The minimum atomic E-state index is -0.331. The van der Waals surface area contributed by atoms with Crippen LogP contribution in [0.5, 0.6) is 0 Å². The number of benzene rings is 1. The number of esters is 1. The van der Waals surface area contributed by atoms with Crippen molar-refractivity contribution in [3.05, 3.63) is 48.3 Å². The summed E-state index contributed by atoms with van der Waals surface area (Å²) in [6, 6.07) is 5.61. The standard InChI is InChI=1S/C24H33FO2/c1-2-3-4-5-18-6-8-19(9-7-18)20-12-16-23(17-13-20)27-24(26)21-10-14-22(25)15-11-21/h2,10-11,14-15,18-20,23H,1,3-9,12-13,16-17H2. The van der Waals surface area contributed by atoms with Gasteiger partial charge in [-0.05, 0) is 93.4 Å². The minimum Gasteiger partial charge on any atom is -0.459 e. The van der Waals surface area contributed by atoms with E-state index in [2.05, 4.69) is 6.58 Å². The quantitative estimate of drug-likeness (QED) is 0.302. The fraction of sp³-hybridized carbons (Fsp3) is 0.625. The van der Waals surface area contributed by atoms with Crippen molar-refractivity contribution in [3.63, 3.8) is 0 Å². The molecule has 0 heterocycles. The molecule has 0 aromatic heterocycles. The first-order valence-corrected chi connectivity index (χ1v) is 10.7. The Morgan fingerprint density at radius 2 is 1.59 bits per heavy atom. The zero-order valence-electron chi connectivity index (χ0n) is 16.4. The molecule has 1 aromatic rings. The molecular weight excluding hydrogens is 339 g/mol. The number of unbranched alkanes of at least 4 members (excludes halogenated alkanes) is 1. The van der Waals surface area contributed by atoms with Crippen LogP contribution in [0.1, 0.15) is 81.0 Å². The van der Waals surface area contributed by atoms with Crippen molar-refractivity contribution in [1.29, 1.82) is 0 Å². The number of halogens is 1. The largest absolute Gasteiger partial charge is 0.459 e. The van der Waals surface area contributed by atoms with Crippen molar-refractivity contribution in [2.24, 2.45) is 17.8 Å². The lowest BCUT2D eigenvalue weighted by atomic mass is 9.70. The van der Waals surface area contributed by atoms with Crippen LogP contribution in [0.2, 0.25) is 0 Å². The van der Waals surface area contributed by atoms with Gasteiger partial charge in [0.1, 0.15) is 11.9 Å². The lowest BCUT2D eigenvalue weighted by molar-refractivity contribution is 0.0109. The Bertz CT molecular complexity index is 593. The number of hydrogen-bond donors (Lipinski definition) is 0. The topological polar surface area (TPSA) is 26.3 Å². The van der Waals surface area contributed by atoms with Crippen molar-refractivity contribution in [2.45, 2.75) is 76.7 Å². The maximum Gasteiger partial charge on any atom is 0.338 e. The first-order valence-electron chi connectivity index (χ1n) is 10.7. The number of hydrogen-bond acceptors (Lipinski definition) is 2. The highest BCUT2D eigenvalue weighted by atomic mass is 19.1. The van der Waals surface area contributed by atoms with Gasteiger partial charge in [0.05, 0.1) is 5.56 Å². The molecule has 27 heavy (non-hydrogen) atoms. The summed E-state index contributed by atoms with van der Waals surface area (Å²) in [5, 5.41) is 0. The molecule has 0 aliphatic heterocycles. The average molecular weight is 373 g/mol. The summed E-state index contributed by atoms with van der Waals surface area (Å²) >= 11 is 0. The third-order valence-electron chi connectivity index (χ3n) is 6.65. The molecule has 0 amide bonds. The van der Waals surface area contributed by atoms with E-state index in [1.54, 1.807) is 0 Å². The summed E-state index contributed by atoms with van der Waals surface area (Å²) in [7, 11) is 0. The van der Waals surface area contributed by atoms with Gasteiger partial charge in [0.15, 0.2) is 0 Å². The Hall–Kier alpha value is -1.64. The molecule has 0 saturated heterocycles. The summed E-state index contributed by atoms with van der Waals surface area (Å²) in [5.74, 6) is 1.95.